The van der Waals surface area contributed by atoms with Crippen molar-refractivity contribution in [3.8, 4) is 23.0 Å². The summed E-state index contributed by atoms with van der Waals surface area (Å²) in [6, 6.07) is 0. The van der Waals surface area contributed by atoms with Gasteiger partial charge in [0.2, 0.25) is 0 Å². The number of aliphatic hydroxyl groups excluding tert-OH is 1. The van der Waals surface area contributed by atoms with Crippen molar-refractivity contribution >= 4 is 54.5 Å². The number of rotatable bonds is 26. The molecule has 2 aliphatic heterocycles. The molecule has 0 saturated carbocycles. The van der Waals surface area contributed by atoms with Crippen LogP contribution in [-0.4, -0.2) is 123 Å². The van der Waals surface area contributed by atoms with Gasteiger partial charge >= 0.3 is 41.9 Å². The zero-order valence-corrected chi connectivity index (χ0v) is 45.7. The molecule has 4 heterocycles. The van der Waals surface area contributed by atoms with Crippen molar-refractivity contribution < 1.29 is 144 Å². The minimum Gasteiger partial charge on any atom is -1.00 e. The molecule has 0 amide bonds. The van der Waals surface area contributed by atoms with Gasteiger partial charge in [-0.05, 0) is 19.3 Å². The van der Waals surface area contributed by atoms with E-state index in [9.17, 15) is 79.0 Å². The summed E-state index contributed by atoms with van der Waals surface area (Å²) in [6.45, 7) is 0.841. The molecule has 4 rings (SSSR count). The summed E-state index contributed by atoms with van der Waals surface area (Å²) in [4.78, 5) is 0. The van der Waals surface area contributed by atoms with Crippen LogP contribution in [0.2, 0.25) is 0 Å². The SMILES string of the molecule is BrCC1(CBr)COc2cscc2OC1.CCC(F)(F)CC(F)(F)CCCOCC1(COCCCC(F)(F)CC(F)(F)CC(F)(F)F)COc2cscc2OC1.OCCCC(F)(F)CC(F)(F)CC(F)(F)F.[H-].[Na+]. The number of aliphatic hydroxyl groups is 1. The molecule has 418 valence electrons. The molecule has 2 aliphatic rings. The molecular weight excluding hydrogens is 1210 g/mol. The summed E-state index contributed by atoms with van der Waals surface area (Å²) >= 11 is 9.93. The molecule has 0 unspecified atom stereocenters. The molecule has 2 aromatic heterocycles. The molecule has 1 N–H and O–H groups in total. The molecule has 0 saturated heterocycles. The van der Waals surface area contributed by atoms with Crippen molar-refractivity contribution in [3.05, 3.63) is 21.5 Å². The first kappa shape index (κ1) is 69.2. The number of hydrogen-bond acceptors (Lipinski definition) is 9. The van der Waals surface area contributed by atoms with E-state index in [2.05, 4.69) is 31.9 Å². The van der Waals surface area contributed by atoms with Crippen LogP contribution < -0.4 is 48.5 Å². The third kappa shape index (κ3) is 28.0. The second-order valence-corrected chi connectivity index (χ2v) is 20.0. The van der Waals surface area contributed by atoms with Gasteiger partial charge in [0.15, 0.2) is 23.0 Å². The molecule has 0 aliphatic carbocycles. The van der Waals surface area contributed by atoms with Crippen LogP contribution in [0.3, 0.4) is 0 Å². The van der Waals surface area contributed by atoms with E-state index in [1.807, 2.05) is 10.8 Å². The molecule has 72 heavy (non-hydrogen) atoms. The van der Waals surface area contributed by atoms with E-state index >= 15 is 0 Å². The maximum absolute atomic E-state index is 13.9. The van der Waals surface area contributed by atoms with Gasteiger partial charge in [0, 0.05) is 77.7 Å². The fourth-order valence-electron chi connectivity index (χ4n) is 6.39. The van der Waals surface area contributed by atoms with Gasteiger partial charge < -0.3 is 35.0 Å². The Kier molecular flexibility index (Phi) is 28.6. The van der Waals surface area contributed by atoms with Crippen LogP contribution in [0, 0.1) is 10.8 Å². The number of alkyl halides is 20. The van der Waals surface area contributed by atoms with Gasteiger partial charge in [-0.1, -0.05) is 38.8 Å². The standard InChI is InChI=1S/C25H33F11O4S.C9H10Br2O2S.C8H11F7O.Na.H/c1-2-21(26,27)11-22(28,29)5-3-7-37-14-20(16-39-18-9-41-10-19(18)40-17-20)15-38-8-4-6-23(30,31)12-24(32,33)13-25(34,35)36;10-3-9(4-11)5-12-7-1-14-2-8(7)13-6-9;9-6(10,2-1-3-16)4-7(11,12)5-8(13,14)15;;/h9-10H,2-8,11-17H2,1H3;1-2H,3-6H2;16H,1-5H2;;/q;;;+1;-1. The van der Waals surface area contributed by atoms with E-state index in [1.54, 1.807) is 22.1 Å². The monoisotopic (exact) mass is 1260 g/mol. The van der Waals surface area contributed by atoms with Gasteiger partial charge in [0.25, 0.3) is 35.5 Å². The van der Waals surface area contributed by atoms with Crippen molar-refractivity contribution in [2.24, 2.45) is 10.8 Å². The van der Waals surface area contributed by atoms with Crippen molar-refractivity contribution in [3.63, 3.8) is 0 Å². The van der Waals surface area contributed by atoms with Crippen LogP contribution in [0.25, 0.3) is 0 Å². The van der Waals surface area contributed by atoms with Crippen LogP contribution in [-0.2, 0) is 9.47 Å². The maximum atomic E-state index is 13.9. The van der Waals surface area contributed by atoms with Gasteiger partial charge in [-0.25, -0.2) is 52.7 Å². The zero-order valence-electron chi connectivity index (χ0n) is 39.8. The number of thiophene rings is 2. The van der Waals surface area contributed by atoms with Crippen molar-refractivity contribution in [1.82, 2.24) is 0 Å². The molecule has 0 radical (unpaired) electrons. The second kappa shape index (κ2) is 29.8. The third-order valence-electron chi connectivity index (χ3n) is 10.1. The first-order chi connectivity index (χ1) is 32.5. The molecule has 0 fully saturated rings. The fraction of sp³-hybridized carbons (Fsp3) is 0.810. The maximum Gasteiger partial charge on any atom is 1.00 e. The third-order valence-corrected chi connectivity index (χ3v) is 13.8. The van der Waals surface area contributed by atoms with E-state index in [0.717, 1.165) is 29.1 Å². The van der Waals surface area contributed by atoms with Gasteiger partial charge in [-0.3, -0.25) is 0 Å². The van der Waals surface area contributed by atoms with Crippen molar-refractivity contribution in [2.75, 3.05) is 70.1 Å². The Morgan fingerprint density at radius 3 is 1.10 bits per heavy atom. The van der Waals surface area contributed by atoms with Gasteiger partial charge in [-0.2, -0.15) is 26.3 Å². The summed E-state index contributed by atoms with van der Waals surface area (Å²) in [6.07, 6.45) is -26.5. The molecule has 0 spiro atoms. The average Bonchev–Trinajstić information content (AvgIpc) is 3.79. The molecule has 0 atom stereocenters. The van der Waals surface area contributed by atoms with E-state index < -0.39 is 131 Å². The summed E-state index contributed by atoms with van der Waals surface area (Å²) in [7, 11) is 0. The normalized spacial score (nSPS) is 16.3. The van der Waals surface area contributed by atoms with Gasteiger partial charge in [0.1, 0.15) is 26.1 Å². The van der Waals surface area contributed by atoms with E-state index in [1.165, 1.54) is 11.3 Å². The predicted molar refractivity (Wildman–Crippen MR) is 236 cm³/mol. The number of fused-ring (bicyclic) bond motifs is 2. The number of ether oxygens (including phenoxy) is 6. The Bertz CT molecular complexity index is 1780. The van der Waals surface area contributed by atoms with Crippen LogP contribution in [0.1, 0.15) is 85.4 Å². The second-order valence-electron chi connectivity index (χ2n) is 17.4. The Hall–Kier alpha value is -0.820. The Labute approximate surface area is 452 Å². The molecule has 30 heteroatoms. The smallest absolute Gasteiger partial charge is 1.00 e. The van der Waals surface area contributed by atoms with Gasteiger partial charge in [0.05, 0.1) is 56.5 Å². The number of halogens is 20. The number of hydrogen-bond donors (Lipinski definition) is 1. The first-order valence-corrected chi connectivity index (χ1v) is 25.6. The van der Waals surface area contributed by atoms with E-state index in [4.69, 9.17) is 33.5 Å². The first-order valence-electron chi connectivity index (χ1n) is 21.5. The predicted octanol–water partition coefficient (Wildman–Crippen LogP) is 12.6. The quantitative estimate of drug-likeness (QED) is 0.0435. The molecule has 0 aromatic carbocycles. The van der Waals surface area contributed by atoms with Crippen LogP contribution >= 0.6 is 54.5 Å². The Balaban J connectivity index is 0.00000132. The Morgan fingerprint density at radius 2 is 0.806 bits per heavy atom. The van der Waals surface area contributed by atoms with Gasteiger partial charge in [-0.15, -0.1) is 22.7 Å². The van der Waals surface area contributed by atoms with E-state index in [0.29, 0.717) is 24.7 Å². The summed E-state index contributed by atoms with van der Waals surface area (Å²) in [5.74, 6) is -21.6. The Morgan fingerprint density at radius 1 is 0.500 bits per heavy atom. The van der Waals surface area contributed by atoms with Crippen molar-refractivity contribution in [1.29, 1.82) is 0 Å². The molecular formula is C42H55Br2F18NaO7S2. The van der Waals surface area contributed by atoms with Crippen LogP contribution in [0.15, 0.2) is 21.5 Å². The molecule has 0 bridgehead atoms. The van der Waals surface area contributed by atoms with Crippen LogP contribution in [0.4, 0.5) is 79.0 Å². The fourth-order valence-corrected chi connectivity index (χ4v) is 9.33. The molecule has 7 nitrogen and oxygen atoms in total. The zero-order chi connectivity index (χ0) is 54.1. The summed E-state index contributed by atoms with van der Waals surface area (Å²) < 4.78 is 265. The van der Waals surface area contributed by atoms with Crippen LogP contribution in [0.5, 0.6) is 23.0 Å². The minimum atomic E-state index is -5.30. The van der Waals surface area contributed by atoms with Crippen molar-refractivity contribution in [2.45, 2.75) is 132 Å². The largest absolute Gasteiger partial charge is 1.00 e. The topological polar surface area (TPSA) is 75.6 Å². The summed E-state index contributed by atoms with van der Waals surface area (Å²) in [5, 5.41) is 17.3. The summed E-state index contributed by atoms with van der Waals surface area (Å²) in [5.41, 5.74) is -1.01. The minimum absolute atomic E-state index is 0. The van der Waals surface area contributed by atoms with E-state index in [-0.39, 0.29) is 82.5 Å². The molecule has 2 aromatic rings. The average molecular weight is 1260 g/mol.